The van der Waals surface area contributed by atoms with Crippen LogP contribution in [0.4, 0.5) is 4.39 Å². The number of aromatic nitrogens is 1. The Balaban J connectivity index is 1.53. The number of para-hydroxylation sites is 1. The van der Waals surface area contributed by atoms with E-state index in [0.717, 1.165) is 28.7 Å². The molecule has 0 aliphatic carbocycles. The number of nitrogens with zero attached hydrogens (tertiary/aromatic N) is 1. The highest BCUT2D eigenvalue weighted by atomic mass is 32.2. The monoisotopic (exact) mass is 390 g/mol. The highest BCUT2D eigenvalue weighted by Crippen LogP contribution is 2.29. The summed E-state index contributed by atoms with van der Waals surface area (Å²) >= 11 is 0.985. The van der Waals surface area contributed by atoms with E-state index in [1.54, 1.807) is 24.3 Å². The second kappa shape index (κ2) is 8.53. The molecule has 26 heavy (non-hydrogen) atoms. The fourth-order valence-electron chi connectivity index (χ4n) is 2.43. The second-order valence-corrected chi connectivity index (χ2v) is 8.84. The van der Waals surface area contributed by atoms with Crippen molar-refractivity contribution in [2.75, 3.05) is 6.54 Å². The molecule has 0 spiro atoms. The molecule has 0 unspecified atom stereocenters. The number of thiazole rings is 1. The van der Waals surface area contributed by atoms with Gasteiger partial charge in [-0.1, -0.05) is 42.5 Å². The van der Waals surface area contributed by atoms with Crippen LogP contribution in [0.15, 0.2) is 70.2 Å². The lowest BCUT2D eigenvalue weighted by molar-refractivity contribution is 0.574. The molecule has 3 rings (SSSR count). The molecule has 4 nitrogen and oxygen atoms in total. The van der Waals surface area contributed by atoms with Gasteiger partial charge in [0.1, 0.15) is 0 Å². The van der Waals surface area contributed by atoms with Crippen molar-refractivity contribution in [2.24, 2.45) is 0 Å². The Kier molecular flexibility index (Phi) is 6.13. The zero-order chi connectivity index (χ0) is 18.4. The molecule has 0 bridgehead atoms. The van der Waals surface area contributed by atoms with Gasteiger partial charge in [-0.05, 0) is 43.2 Å². The number of hydrogen-bond acceptors (Lipinski definition) is 5. The largest absolute Gasteiger partial charge is 0.313 e. The van der Waals surface area contributed by atoms with Crippen molar-refractivity contribution in [3.05, 3.63) is 71.4 Å². The minimum atomic E-state index is -4.16. The van der Waals surface area contributed by atoms with E-state index in [4.69, 9.17) is 0 Å². The SMILES string of the molecule is O=S(=O)(/C(F)=C/CCCNCc1ccccc1)c1nc2ccccc2s1. The normalized spacial score (nSPS) is 12.6. The van der Waals surface area contributed by atoms with E-state index < -0.39 is 15.0 Å². The Morgan fingerprint density at radius 3 is 2.62 bits per heavy atom. The maximum absolute atomic E-state index is 14.2. The predicted molar refractivity (Wildman–Crippen MR) is 103 cm³/mol. The van der Waals surface area contributed by atoms with E-state index in [2.05, 4.69) is 10.3 Å². The summed E-state index contributed by atoms with van der Waals surface area (Å²) in [5.41, 5.74) is 1.74. The zero-order valence-corrected chi connectivity index (χ0v) is 15.7. The van der Waals surface area contributed by atoms with Gasteiger partial charge in [-0.15, -0.1) is 11.3 Å². The van der Waals surface area contributed by atoms with Crippen molar-refractivity contribution in [3.63, 3.8) is 0 Å². The molecular weight excluding hydrogens is 371 g/mol. The molecule has 0 aliphatic heterocycles. The molecule has 1 N–H and O–H groups in total. The molecule has 136 valence electrons. The van der Waals surface area contributed by atoms with Gasteiger partial charge in [0.05, 0.1) is 10.2 Å². The van der Waals surface area contributed by atoms with Crippen LogP contribution in [0.2, 0.25) is 0 Å². The van der Waals surface area contributed by atoms with Gasteiger partial charge in [-0.2, -0.15) is 4.39 Å². The molecule has 2 aromatic carbocycles. The maximum atomic E-state index is 14.2. The Morgan fingerprint density at radius 1 is 1.12 bits per heavy atom. The lowest BCUT2D eigenvalue weighted by Crippen LogP contribution is -2.14. The molecule has 0 saturated carbocycles. The summed E-state index contributed by atoms with van der Waals surface area (Å²) in [6, 6.07) is 17.0. The van der Waals surface area contributed by atoms with Gasteiger partial charge in [-0.25, -0.2) is 13.4 Å². The quantitative estimate of drug-likeness (QED) is 0.577. The first-order valence-corrected chi connectivity index (χ1v) is 10.6. The summed E-state index contributed by atoms with van der Waals surface area (Å²) < 4.78 is 39.3. The predicted octanol–water partition coefficient (Wildman–Crippen LogP) is 4.45. The van der Waals surface area contributed by atoms with Gasteiger partial charge in [0.15, 0.2) is 0 Å². The molecule has 3 aromatic rings. The van der Waals surface area contributed by atoms with Crippen molar-refractivity contribution in [2.45, 2.75) is 23.7 Å². The number of hydrogen-bond donors (Lipinski definition) is 1. The van der Waals surface area contributed by atoms with Gasteiger partial charge < -0.3 is 5.32 Å². The number of nitrogens with one attached hydrogen (secondary N) is 1. The summed E-state index contributed by atoms with van der Waals surface area (Å²) in [5, 5.41) is 2.13. The third-order valence-electron chi connectivity index (χ3n) is 3.80. The van der Waals surface area contributed by atoms with E-state index in [1.165, 1.54) is 5.56 Å². The van der Waals surface area contributed by atoms with Gasteiger partial charge in [0, 0.05) is 6.54 Å². The van der Waals surface area contributed by atoms with Gasteiger partial charge in [0.25, 0.3) is 9.84 Å². The number of halogens is 1. The molecule has 0 saturated heterocycles. The molecular formula is C19H19FN2O2S2. The van der Waals surface area contributed by atoms with Crippen molar-refractivity contribution in [1.29, 1.82) is 0 Å². The average molecular weight is 391 g/mol. The topological polar surface area (TPSA) is 59.1 Å². The summed E-state index contributed by atoms with van der Waals surface area (Å²) in [4.78, 5) is 4.03. The number of benzene rings is 2. The average Bonchev–Trinajstić information content (AvgIpc) is 3.10. The first-order valence-electron chi connectivity index (χ1n) is 8.28. The van der Waals surface area contributed by atoms with Crippen LogP contribution in [0.3, 0.4) is 0 Å². The van der Waals surface area contributed by atoms with Crippen molar-refractivity contribution < 1.29 is 12.8 Å². The summed E-state index contributed by atoms with van der Waals surface area (Å²) in [6.07, 6.45) is 2.12. The highest BCUT2D eigenvalue weighted by molar-refractivity contribution is 7.96. The Bertz CT molecular complexity index is 966. The smallest absolute Gasteiger partial charge is 0.259 e. The zero-order valence-electron chi connectivity index (χ0n) is 14.1. The Hall–Kier alpha value is -2.09. The minimum Gasteiger partial charge on any atom is -0.313 e. The molecule has 0 aliphatic rings. The summed E-state index contributed by atoms with van der Waals surface area (Å²) in [6.45, 7) is 1.41. The minimum absolute atomic E-state index is 0.199. The molecule has 0 radical (unpaired) electrons. The number of rotatable bonds is 8. The van der Waals surface area contributed by atoms with Crippen LogP contribution in [0.25, 0.3) is 10.2 Å². The molecule has 0 atom stereocenters. The van der Waals surface area contributed by atoms with Gasteiger partial charge >= 0.3 is 0 Å². The van der Waals surface area contributed by atoms with Crippen LogP contribution in [-0.4, -0.2) is 19.9 Å². The maximum Gasteiger partial charge on any atom is 0.259 e. The Labute approximate surface area is 156 Å². The molecule has 7 heteroatoms. The van der Waals surface area contributed by atoms with E-state index in [9.17, 15) is 12.8 Å². The number of allylic oxidation sites excluding steroid dienone is 1. The van der Waals surface area contributed by atoms with Gasteiger partial charge in [-0.3, -0.25) is 0 Å². The number of sulfone groups is 1. The lowest BCUT2D eigenvalue weighted by Gasteiger charge is -2.03. The number of fused-ring (bicyclic) bond motifs is 1. The molecule has 1 aromatic heterocycles. The lowest BCUT2D eigenvalue weighted by atomic mass is 10.2. The molecule has 1 heterocycles. The molecule has 0 amide bonds. The van der Waals surface area contributed by atoms with Crippen LogP contribution in [0.5, 0.6) is 0 Å². The Morgan fingerprint density at radius 2 is 1.85 bits per heavy atom. The first kappa shape index (κ1) is 18.7. The van der Waals surface area contributed by atoms with Crippen LogP contribution >= 0.6 is 11.3 Å². The van der Waals surface area contributed by atoms with E-state index in [-0.39, 0.29) is 4.34 Å². The van der Waals surface area contributed by atoms with E-state index >= 15 is 0 Å². The molecule has 0 fully saturated rings. The third-order valence-corrected chi connectivity index (χ3v) is 6.77. The van der Waals surface area contributed by atoms with Crippen LogP contribution in [-0.2, 0) is 16.4 Å². The van der Waals surface area contributed by atoms with Crippen LogP contribution in [0, 0.1) is 0 Å². The second-order valence-electron chi connectivity index (χ2n) is 5.76. The standard InChI is InChI=1S/C19H19FN2O2S2/c20-18(12-6-7-13-21-14-15-8-2-1-3-9-15)26(23,24)19-22-16-10-4-5-11-17(16)25-19/h1-5,8-12,21H,6-7,13-14H2/b18-12+. The van der Waals surface area contributed by atoms with Crippen molar-refractivity contribution >= 4 is 31.4 Å². The van der Waals surface area contributed by atoms with Crippen molar-refractivity contribution in [1.82, 2.24) is 10.3 Å². The highest BCUT2D eigenvalue weighted by Gasteiger charge is 2.24. The van der Waals surface area contributed by atoms with Crippen molar-refractivity contribution in [3.8, 4) is 0 Å². The van der Waals surface area contributed by atoms with E-state index in [1.807, 2.05) is 30.3 Å². The first-order chi connectivity index (χ1) is 12.6. The fourth-order valence-corrected chi connectivity index (χ4v) is 4.80. The summed E-state index contributed by atoms with van der Waals surface area (Å²) in [7, 11) is -4.16. The van der Waals surface area contributed by atoms with Crippen LogP contribution < -0.4 is 5.32 Å². The van der Waals surface area contributed by atoms with Gasteiger partial charge in [0.2, 0.25) is 9.50 Å². The summed E-state index contributed by atoms with van der Waals surface area (Å²) in [5.74, 6) is 0. The third kappa shape index (κ3) is 4.55. The van der Waals surface area contributed by atoms with Crippen LogP contribution in [0.1, 0.15) is 18.4 Å². The fraction of sp³-hybridized carbons (Fsp3) is 0.211. The number of unbranched alkanes of at least 4 members (excludes halogenated alkanes) is 1. The van der Waals surface area contributed by atoms with E-state index in [0.29, 0.717) is 24.9 Å².